The van der Waals surface area contributed by atoms with Gasteiger partial charge in [-0.1, -0.05) is 26.0 Å². The summed E-state index contributed by atoms with van der Waals surface area (Å²) in [6.45, 7) is 6.61. The fourth-order valence-corrected chi connectivity index (χ4v) is 3.59. The highest BCUT2D eigenvalue weighted by Gasteiger charge is 2.26. The molecule has 0 spiro atoms. The van der Waals surface area contributed by atoms with Crippen LogP contribution >= 0.6 is 0 Å². The summed E-state index contributed by atoms with van der Waals surface area (Å²) in [5.74, 6) is -2.78. The van der Waals surface area contributed by atoms with Crippen LogP contribution in [0.1, 0.15) is 52.5 Å². The zero-order valence-corrected chi connectivity index (χ0v) is 21.6. The van der Waals surface area contributed by atoms with E-state index in [1.54, 1.807) is 19.1 Å². The number of ketones is 2. The van der Waals surface area contributed by atoms with Gasteiger partial charge in [-0.25, -0.2) is 4.79 Å². The van der Waals surface area contributed by atoms with Crippen LogP contribution in [0.25, 0.3) is 0 Å². The number of nitrogens with zero attached hydrogens (tertiary/aromatic N) is 1. The van der Waals surface area contributed by atoms with Gasteiger partial charge in [0.2, 0.25) is 5.91 Å². The summed E-state index contributed by atoms with van der Waals surface area (Å²) in [4.78, 5) is 73.3. The number of Topliss-reactive ketones (excluding diaryl/α,β-unsaturated/α-hetero) is 2. The standard InChI is InChI=1S/C26H36N2O8/c1-6-36-24(32)12-8-7-11-22(27-18(4)29)23(31)14-19-10-9-13-28(25(19)33)16-20(30)15-21(17(2)3)26(34)35-5/h8-10,12-13,17,21-22H,6-7,11,14-16H2,1-5H3,(H,27,29)/b12-8+/t21-,22-/m0/s1. The van der Waals surface area contributed by atoms with Crippen LogP contribution in [0, 0.1) is 11.8 Å². The first-order valence-electron chi connectivity index (χ1n) is 11.9. The van der Waals surface area contributed by atoms with Crippen LogP contribution in [0.15, 0.2) is 35.3 Å². The molecule has 198 valence electrons. The Morgan fingerprint density at radius 2 is 1.86 bits per heavy atom. The quantitative estimate of drug-likeness (QED) is 0.282. The number of rotatable bonds is 15. The van der Waals surface area contributed by atoms with Crippen molar-refractivity contribution < 1.29 is 33.4 Å². The minimum Gasteiger partial charge on any atom is -0.469 e. The highest BCUT2D eigenvalue weighted by Crippen LogP contribution is 2.17. The Morgan fingerprint density at radius 1 is 1.17 bits per heavy atom. The van der Waals surface area contributed by atoms with Crippen molar-refractivity contribution in [3.8, 4) is 0 Å². The molecule has 1 aromatic rings. The van der Waals surface area contributed by atoms with Crippen molar-refractivity contribution in [1.29, 1.82) is 0 Å². The molecule has 0 saturated carbocycles. The maximum absolute atomic E-state index is 12.9. The maximum atomic E-state index is 12.9. The first-order valence-corrected chi connectivity index (χ1v) is 11.9. The molecular formula is C26H36N2O8. The summed E-state index contributed by atoms with van der Waals surface area (Å²) in [5.41, 5.74) is -0.316. The van der Waals surface area contributed by atoms with Gasteiger partial charge in [-0.05, 0) is 31.7 Å². The van der Waals surface area contributed by atoms with Gasteiger partial charge in [-0.3, -0.25) is 24.0 Å². The van der Waals surface area contributed by atoms with Gasteiger partial charge in [-0.15, -0.1) is 0 Å². The van der Waals surface area contributed by atoms with Crippen LogP contribution in [0.4, 0.5) is 0 Å². The Balaban J connectivity index is 2.91. The second-order valence-corrected chi connectivity index (χ2v) is 8.71. The highest BCUT2D eigenvalue weighted by molar-refractivity contribution is 5.90. The first-order chi connectivity index (χ1) is 17.0. The van der Waals surface area contributed by atoms with Crippen LogP contribution in [0.3, 0.4) is 0 Å². The van der Waals surface area contributed by atoms with Crippen molar-refractivity contribution in [2.45, 2.75) is 66.0 Å². The fraction of sp³-hybridized carbons (Fsp3) is 0.538. The molecule has 0 aliphatic heterocycles. The number of hydrogen-bond acceptors (Lipinski definition) is 8. The lowest BCUT2D eigenvalue weighted by molar-refractivity contribution is -0.149. The Kier molecular flexibility index (Phi) is 13.1. The number of nitrogens with one attached hydrogen (secondary N) is 1. The number of allylic oxidation sites excluding steroid dienone is 1. The molecule has 0 radical (unpaired) electrons. The molecule has 0 aliphatic carbocycles. The molecule has 0 saturated heterocycles. The van der Waals surface area contributed by atoms with Gasteiger partial charge < -0.3 is 19.4 Å². The molecule has 1 heterocycles. The Morgan fingerprint density at radius 3 is 2.44 bits per heavy atom. The van der Waals surface area contributed by atoms with Crippen molar-refractivity contribution in [2.24, 2.45) is 11.8 Å². The molecule has 36 heavy (non-hydrogen) atoms. The molecule has 0 fully saturated rings. The van der Waals surface area contributed by atoms with E-state index in [2.05, 4.69) is 5.32 Å². The maximum Gasteiger partial charge on any atom is 0.330 e. The predicted octanol–water partition coefficient (Wildman–Crippen LogP) is 1.77. The summed E-state index contributed by atoms with van der Waals surface area (Å²) < 4.78 is 10.8. The molecular weight excluding hydrogens is 468 g/mol. The third kappa shape index (κ3) is 10.4. The average molecular weight is 505 g/mol. The van der Waals surface area contributed by atoms with Gasteiger partial charge in [-0.2, -0.15) is 0 Å². The SMILES string of the molecule is CCOC(=O)/C=C/CC[C@H](NC(C)=O)C(=O)Cc1cccn(CC(=O)C[C@H](C(=O)OC)C(C)C)c1=O. The lowest BCUT2D eigenvalue weighted by atomic mass is 9.91. The third-order valence-corrected chi connectivity index (χ3v) is 5.50. The molecule has 0 unspecified atom stereocenters. The molecule has 10 heteroatoms. The van der Waals surface area contributed by atoms with Crippen LogP contribution in [0.5, 0.6) is 0 Å². The largest absolute Gasteiger partial charge is 0.469 e. The van der Waals surface area contributed by atoms with Gasteiger partial charge >= 0.3 is 11.9 Å². The van der Waals surface area contributed by atoms with Crippen molar-refractivity contribution in [1.82, 2.24) is 9.88 Å². The monoisotopic (exact) mass is 504 g/mol. The van der Waals surface area contributed by atoms with Gasteiger partial charge in [0.15, 0.2) is 11.6 Å². The van der Waals surface area contributed by atoms with Crippen molar-refractivity contribution in [3.05, 3.63) is 46.4 Å². The predicted molar refractivity (Wildman–Crippen MR) is 132 cm³/mol. The van der Waals surface area contributed by atoms with Crippen molar-refractivity contribution in [2.75, 3.05) is 13.7 Å². The Hall–Kier alpha value is -3.56. The van der Waals surface area contributed by atoms with Crippen molar-refractivity contribution >= 4 is 29.4 Å². The molecule has 2 atom stereocenters. The molecule has 1 amide bonds. The molecule has 1 rings (SSSR count). The number of ether oxygens (including phenoxy) is 2. The van der Waals surface area contributed by atoms with E-state index in [1.807, 2.05) is 13.8 Å². The number of carbonyl (C=O) groups is 5. The van der Waals surface area contributed by atoms with Gasteiger partial charge in [0.1, 0.15) is 0 Å². The van der Waals surface area contributed by atoms with Crippen LogP contribution < -0.4 is 10.9 Å². The Bertz CT molecular complexity index is 1030. The normalized spacial score (nSPS) is 12.7. The van der Waals surface area contributed by atoms with E-state index in [1.165, 1.54) is 36.9 Å². The first kappa shape index (κ1) is 30.5. The molecule has 0 bridgehead atoms. The summed E-state index contributed by atoms with van der Waals surface area (Å²) >= 11 is 0. The third-order valence-electron chi connectivity index (χ3n) is 5.50. The topological polar surface area (TPSA) is 138 Å². The number of carbonyl (C=O) groups excluding carboxylic acids is 5. The summed E-state index contributed by atoms with van der Waals surface area (Å²) in [6, 6.07) is 2.21. The molecule has 1 aromatic heterocycles. The molecule has 10 nitrogen and oxygen atoms in total. The van der Waals surface area contributed by atoms with E-state index in [9.17, 15) is 28.8 Å². The minimum atomic E-state index is -0.851. The van der Waals surface area contributed by atoms with Crippen molar-refractivity contribution in [3.63, 3.8) is 0 Å². The number of esters is 2. The number of hydrogen-bond donors (Lipinski definition) is 1. The fourth-order valence-electron chi connectivity index (χ4n) is 3.59. The second kappa shape index (κ2) is 15.4. The van der Waals surface area contributed by atoms with Gasteiger partial charge in [0, 0.05) is 37.6 Å². The van der Waals surface area contributed by atoms with Gasteiger partial charge in [0.05, 0.1) is 32.2 Å². The number of amides is 1. The zero-order chi connectivity index (χ0) is 27.3. The highest BCUT2D eigenvalue weighted by atomic mass is 16.5. The molecule has 0 aliphatic rings. The van der Waals surface area contributed by atoms with E-state index in [-0.39, 0.29) is 55.5 Å². The minimum absolute atomic E-state index is 0.0656. The van der Waals surface area contributed by atoms with E-state index in [0.29, 0.717) is 6.42 Å². The van der Waals surface area contributed by atoms with E-state index in [0.717, 1.165) is 0 Å². The number of pyridine rings is 1. The lowest BCUT2D eigenvalue weighted by Gasteiger charge is -2.18. The van der Waals surface area contributed by atoms with Crippen LogP contribution in [0.2, 0.25) is 0 Å². The number of methoxy groups -OCH3 is 1. The van der Waals surface area contributed by atoms with E-state index >= 15 is 0 Å². The Labute approximate surface area is 211 Å². The molecule has 1 N–H and O–H groups in total. The van der Waals surface area contributed by atoms with Crippen LogP contribution in [-0.2, 0) is 46.4 Å². The zero-order valence-electron chi connectivity index (χ0n) is 21.6. The summed E-state index contributed by atoms with van der Waals surface area (Å²) in [5, 5.41) is 2.58. The number of aromatic nitrogens is 1. The molecule has 0 aromatic carbocycles. The van der Waals surface area contributed by atoms with E-state index < -0.39 is 35.4 Å². The van der Waals surface area contributed by atoms with Gasteiger partial charge in [0.25, 0.3) is 5.56 Å². The lowest BCUT2D eigenvalue weighted by Crippen LogP contribution is -2.41. The van der Waals surface area contributed by atoms with E-state index in [4.69, 9.17) is 9.47 Å². The second-order valence-electron chi connectivity index (χ2n) is 8.71. The van der Waals surface area contributed by atoms with Crippen LogP contribution in [-0.4, -0.2) is 53.7 Å². The summed E-state index contributed by atoms with van der Waals surface area (Å²) in [6.07, 6.45) is 4.52. The average Bonchev–Trinajstić information content (AvgIpc) is 2.81. The smallest absolute Gasteiger partial charge is 0.330 e. The summed E-state index contributed by atoms with van der Waals surface area (Å²) in [7, 11) is 1.26.